The topological polar surface area (TPSA) is 52.6 Å². The zero-order chi connectivity index (χ0) is 17.1. The predicted molar refractivity (Wildman–Crippen MR) is 90.8 cm³/mol. The van der Waals surface area contributed by atoms with Crippen molar-refractivity contribution in [3.05, 3.63) is 28.8 Å². The molecule has 0 radical (unpaired) electrons. The fourth-order valence-electron chi connectivity index (χ4n) is 2.01. The van der Waals surface area contributed by atoms with Gasteiger partial charge in [-0.05, 0) is 43.9 Å². The molecule has 0 aromatic heterocycles. The first-order valence-corrected chi connectivity index (χ1v) is 8.53. The van der Waals surface area contributed by atoms with Crippen LogP contribution in [0, 0.1) is 6.92 Å². The molecule has 0 amide bonds. The van der Waals surface area contributed by atoms with Crippen molar-refractivity contribution in [2.24, 2.45) is 0 Å². The number of unbranched alkanes of at least 4 members (excludes halogenated alkanes) is 3. The molecule has 4 nitrogen and oxygen atoms in total. The third kappa shape index (κ3) is 8.60. The van der Waals surface area contributed by atoms with Gasteiger partial charge in [0.15, 0.2) is 0 Å². The average molecular weight is 341 g/mol. The number of esters is 2. The van der Waals surface area contributed by atoms with E-state index in [1.165, 1.54) is 0 Å². The second-order valence-corrected chi connectivity index (χ2v) is 5.95. The molecular weight excluding hydrogens is 316 g/mol. The van der Waals surface area contributed by atoms with Crippen LogP contribution in [-0.2, 0) is 14.3 Å². The maximum Gasteiger partial charge on any atom is 0.311 e. The molecule has 0 aliphatic carbocycles. The molecule has 23 heavy (non-hydrogen) atoms. The van der Waals surface area contributed by atoms with Crippen LogP contribution in [0.1, 0.15) is 57.4 Å². The number of halogens is 1. The molecule has 0 spiro atoms. The average Bonchev–Trinajstić information content (AvgIpc) is 2.52. The molecule has 0 unspecified atom stereocenters. The Bertz CT molecular complexity index is 514. The lowest BCUT2D eigenvalue weighted by atomic mass is 10.2. The first-order chi connectivity index (χ1) is 11.0. The van der Waals surface area contributed by atoms with E-state index in [4.69, 9.17) is 21.1 Å². The van der Waals surface area contributed by atoms with Gasteiger partial charge in [0.1, 0.15) is 5.75 Å². The van der Waals surface area contributed by atoms with Crippen molar-refractivity contribution < 1.29 is 19.1 Å². The van der Waals surface area contributed by atoms with Crippen LogP contribution in [0.2, 0.25) is 5.02 Å². The van der Waals surface area contributed by atoms with E-state index in [0.29, 0.717) is 36.6 Å². The highest BCUT2D eigenvalue weighted by Gasteiger charge is 2.09. The van der Waals surface area contributed by atoms with Crippen LogP contribution in [0.25, 0.3) is 0 Å². The number of rotatable bonds is 10. The molecule has 0 atom stereocenters. The number of carbonyl (C=O) groups is 2. The molecule has 0 heterocycles. The second-order valence-electron chi connectivity index (χ2n) is 5.54. The van der Waals surface area contributed by atoms with Crippen LogP contribution in [-0.4, -0.2) is 18.5 Å². The minimum atomic E-state index is -0.339. The van der Waals surface area contributed by atoms with Gasteiger partial charge < -0.3 is 9.47 Å². The fraction of sp³-hybridized carbons (Fsp3) is 0.556. The zero-order valence-corrected chi connectivity index (χ0v) is 14.7. The van der Waals surface area contributed by atoms with Crippen LogP contribution in [0.15, 0.2) is 18.2 Å². The number of aryl methyl sites for hydroxylation is 1. The summed E-state index contributed by atoms with van der Waals surface area (Å²) in [5, 5.41) is 0.416. The molecule has 1 aromatic rings. The maximum atomic E-state index is 11.8. The van der Waals surface area contributed by atoms with Crippen molar-refractivity contribution >= 4 is 23.5 Å². The Morgan fingerprint density at radius 2 is 1.74 bits per heavy atom. The Morgan fingerprint density at radius 1 is 1.04 bits per heavy atom. The molecule has 0 fully saturated rings. The van der Waals surface area contributed by atoms with Gasteiger partial charge in [-0.1, -0.05) is 37.4 Å². The van der Waals surface area contributed by atoms with Crippen molar-refractivity contribution in [2.75, 3.05) is 6.61 Å². The van der Waals surface area contributed by atoms with Crippen molar-refractivity contribution in [3.8, 4) is 5.75 Å². The Kier molecular flexibility index (Phi) is 9.37. The van der Waals surface area contributed by atoms with Crippen molar-refractivity contribution in [1.29, 1.82) is 0 Å². The van der Waals surface area contributed by atoms with Crippen LogP contribution in [0.5, 0.6) is 5.75 Å². The highest BCUT2D eigenvalue weighted by atomic mass is 35.5. The van der Waals surface area contributed by atoms with E-state index < -0.39 is 0 Å². The first kappa shape index (κ1) is 19.5. The Balaban J connectivity index is 2.17. The lowest BCUT2D eigenvalue weighted by molar-refractivity contribution is -0.144. The SMILES string of the molecule is CCCCCOC(=O)CCCCC(=O)Oc1cc(C)ccc1Cl. The molecule has 1 aromatic carbocycles. The molecule has 0 N–H and O–H groups in total. The summed E-state index contributed by atoms with van der Waals surface area (Å²) in [6.07, 6.45) is 4.88. The fourth-order valence-corrected chi connectivity index (χ4v) is 2.17. The largest absolute Gasteiger partial charge is 0.466 e. The summed E-state index contributed by atoms with van der Waals surface area (Å²) in [4.78, 5) is 23.2. The number of carbonyl (C=O) groups excluding carboxylic acids is 2. The molecule has 128 valence electrons. The number of ether oxygens (including phenoxy) is 2. The Hall–Kier alpha value is -1.55. The third-order valence-corrected chi connectivity index (χ3v) is 3.65. The first-order valence-electron chi connectivity index (χ1n) is 8.15. The predicted octanol–water partition coefficient (Wildman–Crippen LogP) is 4.85. The van der Waals surface area contributed by atoms with Gasteiger partial charge in [0, 0.05) is 12.8 Å². The highest BCUT2D eigenvalue weighted by molar-refractivity contribution is 6.32. The van der Waals surface area contributed by atoms with Crippen LogP contribution in [0.4, 0.5) is 0 Å². The summed E-state index contributed by atoms with van der Waals surface area (Å²) in [6, 6.07) is 5.29. The monoisotopic (exact) mass is 340 g/mol. The van der Waals surface area contributed by atoms with Gasteiger partial charge in [-0.3, -0.25) is 9.59 Å². The molecule has 0 saturated heterocycles. The van der Waals surface area contributed by atoms with Gasteiger partial charge in [-0.15, -0.1) is 0 Å². The molecular formula is C18H25ClO4. The summed E-state index contributed by atoms with van der Waals surface area (Å²) >= 11 is 5.98. The van der Waals surface area contributed by atoms with Gasteiger partial charge >= 0.3 is 11.9 Å². The second kappa shape index (κ2) is 11.1. The van der Waals surface area contributed by atoms with Crippen LogP contribution < -0.4 is 4.74 Å². The normalized spacial score (nSPS) is 10.4. The van der Waals surface area contributed by atoms with Gasteiger partial charge in [0.2, 0.25) is 0 Å². The Labute approximate surface area is 143 Å². The summed E-state index contributed by atoms with van der Waals surface area (Å²) in [7, 11) is 0. The molecule has 0 saturated carbocycles. The lowest BCUT2D eigenvalue weighted by Gasteiger charge is -2.07. The van der Waals surface area contributed by atoms with E-state index >= 15 is 0 Å². The minimum absolute atomic E-state index is 0.198. The van der Waals surface area contributed by atoms with Crippen LogP contribution >= 0.6 is 11.6 Å². The van der Waals surface area contributed by atoms with Crippen molar-refractivity contribution in [2.45, 2.75) is 58.8 Å². The summed E-state index contributed by atoms with van der Waals surface area (Å²) in [5.41, 5.74) is 0.975. The lowest BCUT2D eigenvalue weighted by Crippen LogP contribution is -2.09. The maximum absolute atomic E-state index is 11.8. The van der Waals surface area contributed by atoms with Gasteiger partial charge in [-0.25, -0.2) is 0 Å². The van der Waals surface area contributed by atoms with Crippen molar-refractivity contribution in [3.63, 3.8) is 0 Å². The van der Waals surface area contributed by atoms with Crippen LogP contribution in [0.3, 0.4) is 0 Å². The summed E-state index contributed by atoms with van der Waals surface area (Å²) < 4.78 is 10.3. The van der Waals surface area contributed by atoms with E-state index in [-0.39, 0.29) is 18.4 Å². The van der Waals surface area contributed by atoms with E-state index in [0.717, 1.165) is 24.8 Å². The number of benzene rings is 1. The van der Waals surface area contributed by atoms with Crippen molar-refractivity contribution in [1.82, 2.24) is 0 Å². The van der Waals surface area contributed by atoms with E-state index in [1.807, 2.05) is 13.0 Å². The number of hydrogen-bond donors (Lipinski definition) is 0. The highest BCUT2D eigenvalue weighted by Crippen LogP contribution is 2.25. The zero-order valence-electron chi connectivity index (χ0n) is 13.9. The summed E-state index contributed by atoms with van der Waals surface area (Å²) in [5.74, 6) is -0.156. The van der Waals surface area contributed by atoms with Gasteiger partial charge in [0.25, 0.3) is 0 Å². The quantitative estimate of drug-likeness (QED) is 0.347. The molecule has 0 bridgehead atoms. The standard InChI is InChI=1S/C18H25ClO4/c1-3-4-7-12-22-17(20)8-5-6-9-18(21)23-16-13-14(2)10-11-15(16)19/h10-11,13H,3-9,12H2,1-2H3. The molecule has 0 aliphatic rings. The van der Waals surface area contributed by atoms with Gasteiger partial charge in [-0.2, -0.15) is 0 Å². The minimum Gasteiger partial charge on any atom is -0.466 e. The van der Waals surface area contributed by atoms with E-state index in [2.05, 4.69) is 6.92 Å². The molecule has 1 rings (SSSR count). The van der Waals surface area contributed by atoms with Gasteiger partial charge in [0.05, 0.1) is 11.6 Å². The van der Waals surface area contributed by atoms with E-state index in [9.17, 15) is 9.59 Å². The summed E-state index contributed by atoms with van der Waals surface area (Å²) in [6.45, 7) is 4.49. The third-order valence-electron chi connectivity index (χ3n) is 3.33. The smallest absolute Gasteiger partial charge is 0.311 e. The Morgan fingerprint density at radius 3 is 2.43 bits per heavy atom. The molecule has 5 heteroatoms. The van der Waals surface area contributed by atoms with E-state index in [1.54, 1.807) is 12.1 Å². The number of hydrogen-bond acceptors (Lipinski definition) is 4. The molecule has 0 aliphatic heterocycles.